The summed E-state index contributed by atoms with van der Waals surface area (Å²) in [6.45, 7) is 3.96. The van der Waals surface area contributed by atoms with Crippen LogP contribution in [0, 0.1) is 6.92 Å². The maximum Gasteiger partial charge on any atom is 0.248 e. The molecule has 0 aliphatic rings. The van der Waals surface area contributed by atoms with Crippen LogP contribution >= 0.6 is 0 Å². The van der Waals surface area contributed by atoms with Crippen LogP contribution in [0.5, 0.6) is 0 Å². The number of anilines is 2. The van der Waals surface area contributed by atoms with Gasteiger partial charge in [-0.1, -0.05) is 50.1 Å². The molecule has 6 heteroatoms. The number of nitrogen functional groups attached to an aromatic ring is 1. The molecule has 0 unspecified atom stereocenters. The number of aromatic nitrogens is 3. The maximum atomic E-state index is 5.62. The van der Waals surface area contributed by atoms with E-state index in [1.807, 2.05) is 18.2 Å². The number of nitrogens with zero attached hydrogens (tertiary/aromatic N) is 4. The largest absolute Gasteiger partial charge is 0.368 e. The molecule has 0 saturated carbocycles. The predicted octanol–water partition coefficient (Wildman–Crippen LogP) is 3.16. The third-order valence-electron chi connectivity index (χ3n) is 3.18. The van der Waals surface area contributed by atoms with Crippen molar-refractivity contribution in [1.29, 1.82) is 0 Å². The highest BCUT2D eigenvalue weighted by atomic mass is 15.4. The molecule has 2 rings (SSSR count). The van der Waals surface area contributed by atoms with Gasteiger partial charge in [-0.05, 0) is 25.3 Å². The fraction of sp³-hybridized carbons (Fsp3) is 0.375. The number of nitrogens with two attached hydrogens (primary N) is 1. The molecular weight excluding hydrogens is 276 g/mol. The Morgan fingerprint density at radius 3 is 2.59 bits per heavy atom. The van der Waals surface area contributed by atoms with E-state index in [1.165, 1.54) is 12.8 Å². The number of rotatable bonds is 7. The average molecular weight is 298 g/mol. The molecular formula is C16H22N6. The third kappa shape index (κ3) is 4.80. The number of hydrazone groups is 1. The van der Waals surface area contributed by atoms with Crippen LogP contribution in [0.3, 0.4) is 0 Å². The van der Waals surface area contributed by atoms with Crippen LogP contribution in [0.25, 0.3) is 0 Å². The summed E-state index contributed by atoms with van der Waals surface area (Å²) in [6.07, 6.45) is 4.37. The molecule has 1 aromatic carbocycles. The van der Waals surface area contributed by atoms with Crippen molar-refractivity contribution in [2.75, 3.05) is 11.2 Å². The minimum Gasteiger partial charge on any atom is -0.368 e. The van der Waals surface area contributed by atoms with Crippen LogP contribution in [-0.2, 0) is 0 Å². The monoisotopic (exact) mass is 298 g/mol. The first-order chi connectivity index (χ1) is 10.7. The van der Waals surface area contributed by atoms with E-state index in [0.29, 0.717) is 11.8 Å². The van der Waals surface area contributed by atoms with Gasteiger partial charge in [0.1, 0.15) is 5.82 Å². The van der Waals surface area contributed by atoms with Gasteiger partial charge in [-0.3, -0.25) is 0 Å². The smallest absolute Gasteiger partial charge is 0.248 e. The first-order valence-corrected chi connectivity index (χ1v) is 7.55. The van der Waals surface area contributed by atoms with Gasteiger partial charge < -0.3 is 5.73 Å². The molecule has 0 spiro atoms. The van der Waals surface area contributed by atoms with Gasteiger partial charge >= 0.3 is 0 Å². The van der Waals surface area contributed by atoms with Crippen LogP contribution in [0.2, 0.25) is 0 Å². The Kier molecular flexibility index (Phi) is 5.82. The highest BCUT2D eigenvalue weighted by Crippen LogP contribution is 2.10. The number of hydrogen-bond donors (Lipinski definition) is 2. The second-order valence-electron chi connectivity index (χ2n) is 5.06. The Bertz CT molecular complexity index is 604. The standard InChI is InChI=1S/C16H22N6/c1-3-4-6-11-14(13-9-7-5-8-10-13)21-22-16-19-12(2)18-15(17)20-16/h5,7-10H,3-4,6,11H2,1-2H3,(H3,17,18,19,20,22)/b21-14+. The quantitative estimate of drug-likeness (QED) is 0.465. The van der Waals surface area contributed by atoms with Crippen molar-refractivity contribution in [1.82, 2.24) is 15.0 Å². The lowest BCUT2D eigenvalue weighted by Gasteiger charge is -2.07. The minimum atomic E-state index is 0.192. The third-order valence-corrected chi connectivity index (χ3v) is 3.18. The van der Waals surface area contributed by atoms with Gasteiger partial charge in [0.15, 0.2) is 0 Å². The molecule has 0 aliphatic heterocycles. The lowest BCUT2D eigenvalue weighted by atomic mass is 10.0. The molecule has 0 aliphatic carbocycles. The molecule has 0 saturated heterocycles. The van der Waals surface area contributed by atoms with Gasteiger partial charge in [-0.2, -0.15) is 20.1 Å². The van der Waals surface area contributed by atoms with E-state index >= 15 is 0 Å². The van der Waals surface area contributed by atoms with Crippen molar-refractivity contribution in [2.45, 2.75) is 39.5 Å². The van der Waals surface area contributed by atoms with Crippen LogP contribution in [0.1, 0.15) is 44.0 Å². The molecule has 0 radical (unpaired) electrons. The molecule has 3 N–H and O–H groups in total. The number of benzene rings is 1. The Morgan fingerprint density at radius 1 is 1.14 bits per heavy atom. The Labute approximate surface area is 130 Å². The fourth-order valence-electron chi connectivity index (χ4n) is 2.11. The molecule has 1 aromatic heterocycles. The van der Waals surface area contributed by atoms with E-state index in [2.05, 4.69) is 44.5 Å². The normalized spacial score (nSPS) is 11.5. The van der Waals surface area contributed by atoms with E-state index in [4.69, 9.17) is 5.73 Å². The van der Waals surface area contributed by atoms with Crippen LogP contribution in [-0.4, -0.2) is 20.7 Å². The minimum absolute atomic E-state index is 0.192. The molecule has 0 bridgehead atoms. The van der Waals surface area contributed by atoms with E-state index < -0.39 is 0 Å². The van der Waals surface area contributed by atoms with Crippen molar-refractivity contribution >= 4 is 17.6 Å². The molecule has 6 nitrogen and oxygen atoms in total. The van der Waals surface area contributed by atoms with Crippen molar-refractivity contribution in [3.63, 3.8) is 0 Å². The summed E-state index contributed by atoms with van der Waals surface area (Å²) in [6, 6.07) is 10.1. The van der Waals surface area contributed by atoms with E-state index in [9.17, 15) is 0 Å². The van der Waals surface area contributed by atoms with Crippen LogP contribution in [0.15, 0.2) is 35.4 Å². The number of nitrogens with one attached hydrogen (secondary N) is 1. The van der Waals surface area contributed by atoms with Gasteiger partial charge in [0, 0.05) is 0 Å². The Hall–Kier alpha value is -2.50. The summed E-state index contributed by atoms with van der Waals surface area (Å²) >= 11 is 0. The molecule has 116 valence electrons. The summed E-state index contributed by atoms with van der Waals surface area (Å²) in [5, 5.41) is 4.48. The number of hydrogen-bond acceptors (Lipinski definition) is 6. The van der Waals surface area contributed by atoms with Crippen molar-refractivity contribution in [3.05, 3.63) is 41.7 Å². The highest BCUT2D eigenvalue weighted by Gasteiger charge is 2.05. The number of unbranched alkanes of at least 4 members (excludes halogenated alkanes) is 2. The van der Waals surface area contributed by atoms with Crippen molar-refractivity contribution in [2.24, 2.45) is 5.10 Å². The van der Waals surface area contributed by atoms with Gasteiger partial charge in [-0.25, -0.2) is 5.43 Å². The highest BCUT2D eigenvalue weighted by molar-refractivity contribution is 6.00. The van der Waals surface area contributed by atoms with Crippen molar-refractivity contribution < 1.29 is 0 Å². The molecule has 0 atom stereocenters. The predicted molar refractivity (Wildman–Crippen MR) is 89.7 cm³/mol. The van der Waals surface area contributed by atoms with Gasteiger partial charge in [0.25, 0.3) is 0 Å². The summed E-state index contributed by atoms with van der Waals surface area (Å²) in [5.74, 6) is 1.13. The molecule has 0 fully saturated rings. The van der Waals surface area contributed by atoms with Gasteiger partial charge in [0.2, 0.25) is 11.9 Å². The molecule has 22 heavy (non-hydrogen) atoms. The number of aryl methyl sites for hydroxylation is 1. The second kappa shape index (κ2) is 8.07. The van der Waals surface area contributed by atoms with Gasteiger partial charge in [-0.15, -0.1) is 0 Å². The van der Waals surface area contributed by atoms with E-state index in [-0.39, 0.29) is 5.95 Å². The lowest BCUT2D eigenvalue weighted by molar-refractivity contribution is 0.741. The topological polar surface area (TPSA) is 89.1 Å². The van der Waals surface area contributed by atoms with Crippen molar-refractivity contribution in [3.8, 4) is 0 Å². The molecule has 1 heterocycles. The van der Waals surface area contributed by atoms with Gasteiger partial charge in [0.05, 0.1) is 5.71 Å². The fourth-order valence-corrected chi connectivity index (χ4v) is 2.11. The SMILES string of the molecule is CCCCC/C(=N\Nc1nc(C)nc(N)n1)c1ccccc1. The van der Waals surface area contributed by atoms with E-state index in [1.54, 1.807) is 6.92 Å². The zero-order chi connectivity index (χ0) is 15.8. The van der Waals surface area contributed by atoms with Crippen LogP contribution in [0.4, 0.5) is 11.9 Å². The first-order valence-electron chi connectivity index (χ1n) is 7.55. The van der Waals surface area contributed by atoms with E-state index in [0.717, 1.165) is 24.1 Å². The molecule has 2 aromatic rings. The lowest BCUT2D eigenvalue weighted by Crippen LogP contribution is -2.08. The second-order valence-corrected chi connectivity index (χ2v) is 5.06. The average Bonchev–Trinajstić information content (AvgIpc) is 2.50. The summed E-state index contributed by atoms with van der Waals surface area (Å²) in [5.41, 5.74) is 10.6. The zero-order valence-electron chi connectivity index (χ0n) is 13.1. The Balaban J connectivity index is 2.16. The van der Waals surface area contributed by atoms with Crippen LogP contribution < -0.4 is 11.2 Å². The summed E-state index contributed by atoms with van der Waals surface area (Å²) < 4.78 is 0. The Morgan fingerprint density at radius 2 is 1.91 bits per heavy atom. The summed E-state index contributed by atoms with van der Waals surface area (Å²) in [7, 11) is 0. The molecule has 0 amide bonds. The first kappa shape index (κ1) is 15.9. The maximum absolute atomic E-state index is 5.62. The summed E-state index contributed by atoms with van der Waals surface area (Å²) in [4.78, 5) is 12.2. The zero-order valence-corrected chi connectivity index (χ0v) is 13.1.